The van der Waals surface area contributed by atoms with Gasteiger partial charge < -0.3 is 20.2 Å². The van der Waals surface area contributed by atoms with Gasteiger partial charge in [-0.15, -0.1) is 0 Å². The SMILES string of the molecule is COc1ccc(Cl)cc1C1NN(CC(O)C2CC2)C=C1NC(=O)c1cnn2cccnc12. The van der Waals surface area contributed by atoms with Crippen molar-refractivity contribution >= 4 is 23.2 Å². The zero-order valence-electron chi connectivity index (χ0n) is 17.4. The van der Waals surface area contributed by atoms with E-state index >= 15 is 0 Å². The first-order valence-electron chi connectivity index (χ1n) is 10.4. The molecule has 3 heterocycles. The summed E-state index contributed by atoms with van der Waals surface area (Å²) in [6.07, 6.45) is 8.27. The molecule has 1 amide bonds. The predicted molar refractivity (Wildman–Crippen MR) is 118 cm³/mol. The van der Waals surface area contributed by atoms with Crippen molar-refractivity contribution in [3.05, 3.63) is 70.9 Å². The third-order valence-corrected chi connectivity index (χ3v) is 5.97. The molecule has 1 aliphatic heterocycles. The van der Waals surface area contributed by atoms with Gasteiger partial charge in [-0.1, -0.05) is 11.6 Å². The highest BCUT2D eigenvalue weighted by Gasteiger charge is 2.35. The number of hydrogen-bond donors (Lipinski definition) is 3. The number of hydrazine groups is 1. The Morgan fingerprint density at radius 1 is 1.44 bits per heavy atom. The summed E-state index contributed by atoms with van der Waals surface area (Å²) in [4.78, 5) is 17.4. The van der Waals surface area contributed by atoms with E-state index in [1.54, 1.807) is 59.5 Å². The van der Waals surface area contributed by atoms with Crippen LogP contribution in [0.25, 0.3) is 5.65 Å². The number of ether oxygens (including phenoxy) is 1. The average Bonchev–Trinajstić information content (AvgIpc) is 3.44. The van der Waals surface area contributed by atoms with Gasteiger partial charge in [-0.2, -0.15) is 5.10 Å². The topological polar surface area (TPSA) is 104 Å². The van der Waals surface area contributed by atoms with E-state index in [2.05, 4.69) is 20.8 Å². The molecular formula is C22H23ClN6O3. The van der Waals surface area contributed by atoms with Crippen LogP contribution in [0.5, 0.6) is 5.75 Å². The molecule has 1 aromatic carbocycles. The number of β-amino-alcohol motifs (C(OH)–C–C–N with tert-alkyl or cyclic N) is 1. The number of methoxy groups -OCH3 is 1. The number of amides is 1. The number of fused-ring (bicyclic) bond motifs is 1. The summed E-state index contributed by atoms with van der Waals surface area (Å²) in [5.41, 5.74) is 5.56. The monoisotopic (exact) mass is 454 g/mol. The largest absolute Gasteiger partial charge is 0.496 e. The van der Waals surface area contributed by atoms with Crippen LogP contribution in [0.1, 0.15) is 34.8 Å². The maximum atomic E-state index is 13.1. The number of aromatic nitrogens is 3. The number of halogens is 1. The number of hydrogen-bond acceptors (Lipinski definition) is 7. The van der Waals surface area contributed by atoms with Crippen LogP contribution in [0.3, 0.4) is 0 Å². The van der Waals surface area contributed by atoms with Gasteiger partial charge in [-0.25, -0.2) is 14.9 Å². The third kappa shape index (κ3) is 4.02. The van der Waals surface area contributed by atoms with Crippen LogP contribution in [0, 0.1) is 5.92 Å². The van der Waals surface area contributed by atoms with Gasteiger partial charge in [0.1, 0.15) is 11.3 Å². The molecule has 1 aliphatic carbocycles. The minimum Gasteiger partial charge on any atom is -0.496 e. The summed E-state index contributed by atoms with van der Waals surface area (Å²) in [6, 6.07) is 6.66. The summed E-state index contributed by atoms with van der Waals surface area (Å²) >= 11 is 6.26. The first-order chi connectivity index (χ1) is 15.5. The Bertz CT molecular complexity index is 1190. The lowest BCUT2D eigenvalue weighted by atomic mass is 10.0. The first-order valence-corrected chi connectivity index (χ1v) is 10.8. The van der Waals surface area contributed by atoms with E-state index in [1.165, 1.54) is 6.20 Å². The number of benzene rings is 1. The maximum absolute atomic E-state index is 13.1. The van der Waals surface area contributed by atoms with Crippen molar-refractivity contribution in [2.75, 3.05) is 13.7 Å². The molecule has 9 nitrogen and oxygen atoms in total. The molecular weight excluding hydrogens is 432 g/mol. The molecule has 32 heavy (non-hydrogen) atoms. The molecule has 2 aromatic heterocycles. The lowest BCUT2D eigenvalue weighted by Gasteiger charge is -2.24. The first kappa shape index (κ1) is 20.7. The Morgan fingerprint density at radius 3 is 3.06 bits per heavy atom. The maximum Gasteiger partial charge on any atom is 0.261 e. The highest BCUT2D eigenvalue weighted by atomic mass is 35.5. The van der Waals surface area contributed by atoms with Crippen molar-refractivity contribution in [3.63, 3.8) is 0 Å². The van der Waals surface area contributed by atoms with Crippen LogP contribution in [0.4, 0.5) is 0 Å². The summed E-state index contributed by atoms with van der Waals surface area (Å²) in [5.74, 6) is 0.629. The molecule has 1 fully saturated rings. The number of nitrogens with one attached hydrogen (secondary N) is 2. The van der Waals surface area contributed by atoms with Gasteiger partial charge in [0.05, 0.1) is 37.7 Å². The van der Waals surface area contributed by atoms with E-state index in [0.717, 1.165) is 18.4 Å². The van der Waals surface area contributed by atoms with Gasteiger partial charge in [0, 0.05) is 29.2 Å². The van der Waals surface area contributed by atoms with E-state index in [-0.39, 0.29) is 5.91 Å². The molecule has 10 heteroatoms. The molecule has 2 aliphatic rings. The second-order valence-corrected chi connectivity index (χ2v) is 8.43. The van der Waals surface area contributed by atoms with Gasteiger partial charge in [0.25, 0.3) is 5.91 Å². The molecule has 2 unspecified atom stereocenters. The van der Waals surface area contributed by atoms with Gasteiger partial charge in [0.15, 0.2) is 5.65 Å². The molecule has 0 saturated heterocycles. The lowest BCUT2D eigenvalue weighted by Crippen LogP contribution is -2.38. The molecule has 3 N–H and O–H groups in total. The average molecular weight is 455 g/mol. The second kappa shape index (κ2) is 8.42. The van der Waals surface area contributed by atoms with Crippen LogP contribution in [-0.4, -0.2) is 50.4 Å². The molecule has 0 spiro atoms. The Kier molecular flexibility index (Phi) is 5.46. The normalized spacial score (nSPS) is 19.2. The lowest BCUT2D eigenvalue weighted by molar-refractivity contribution is 0.0949. The van der Waals surface area contributed by atoms with E-state index < -0.39 is 12.1 Å². The van der Waals surface area contributed by atoms with Crippen molar-refractivity contribution in [1.82, 2.24) is 30.3 Å². The van der Waals surface area contributed by atoms with Crippen molar-refractivity contribution in [2.24, 2.45) is 5.92 Å². The highest BCUT2D eigenvalue weighted by Crippen LogP contribution is 2.36. The van der Waals surface area contributed by atoms with Crippen LogP contribution < -0.4 is 15.5 Å². The quantitative estimate of drug-likeness (QED) is 0.503. The Hall–Kier alpha value is -3.14. The van der Waals surface area contributed by atoms with E-state index in [4.69, 9.17) is 16.3 Å². The zero-order valence-corrected chi connectivity index (χ0v) is 18.2. The Balaban J connectivity index is 1.45. The minimum absolute atomic E-state index is 0.327. The third-order valence-electron chi connectivity index (χ3n) is 5.74. The molecule has 0 bridgehead atoms. The van der Waals surface area contributed by atoms with Gasteiger partial charge in [-0.3, -0.25) is 4.79 Å². The smallest absolute Gasteiger partial charge is 0.261 e. The number of carbonyl (C=O) groups excluding carboxylic acids is 1. The fourth-order valence-corrected chi connectivity index (χ4v) is 4.09. The zero-order chi connectivity index (χ0) is 22.2. The van der Waals surface area contributed by atoms with Gasteiger partial charge >= 0.3 is 0 Å². The number of carbonyl (C=O) groups is 1. The number of nitrogens with zero attached hydrogens (tertiary/aromatic N) is 4. The van der Waals surface area contributed by atoms with Crippen molar-refractivity contribution in [2.45, 2.75) is 25.0 Å². The van der Waals surface area contributed by atoms with Crippen molar-refractivity contribution in [1.29, 1.82) is 0 Å². The fraction of sp³-hybridized carbons (Fsp3) is 0.318. The van der Waals surface area contributed by atoms with Crippen LogP contribution in [0.2, 0.25) is 5.02 Å². The van der Waals surface area contributed by atoms with E-state index in [9.17, 15) is 9.90 Å². The Morgan fingerprint density at radius 2 is 2.28 bits per heavy atom. The summed E-state index contributed by atoms with van der Waals surface area (Å²) in [7, 11) is 1.59. The molecule has 3 aromatic rings. The fourth-order valence-electron chi connectivity index (χ4n) is 3.91. The van der Waals surface area contributed by atoms with E-state index in [1.807, 2.05) is 0 Å². The predicted octanol–water partition coefficient (Wildman–Crippen LogP) is 2.29. The van der Waals surface area contributed by atoms with Crippen LogP contribution in [-0.2, 0) is 0 Å². The van der Waals surface area contributed by atoms with Crippen LogP contribution >= 0.6 is 11.6 Å². The molecule has 166 valence electrons. The van der Waals surface area contributed by atoms with Crippen molar-refractivity contribution in [3.8, 4) is 5.75 Å². The second-order valence-electron chi connectivity index (χ2n) is 7.99. The molecule has 1 saturated carbocycles. The van der Waals surface area contributed by atoms with Gasteiger partial charge in [0.2, 0.25) is 0 Å². The summed E-state index contributed by atoms with van der Waals surface area (Å²) in [5, 5.41) is 20.0. The molecule has 2 atom stereocenters. The molecule has 5 rings (SSSR count). The van der Waals surface area contributed by atoms with Gasteiger partial charge in [-0.05, 0) is 43.0 Å². The minimum atomic E-state index is -0.445. The Labute approximate surface area is 189 Å². The van der Waals surface area contributed by atoms with Crippen molar-refractivity contribution < 1.29 is 14.6 Å². The standard InChI is InChI=1S/C22H23ClN6O3/c1-32-19-6-5-14(23)9-15(19)20-17(11-28(27-20)12-18(30)13-3-4-13)26-22(31)16-10-25-29-8-2-7-24-21(16)29/h2,5-11,13,18,20,27,30H,3-4,12H2,1H3,(H,26,31). The summed E-state index contributed by atoms with van der Waals surface area (Å²) < 4.78 is 7.08. The number of aliphatic hydroxyl groups excluding tert-OH is 1. The highest BCUT2D eigenvalue weighted by molar-refractivity contribution is 6.30. The van der Waals surface area contributed by atoms with Crippen LogP contribution in [0.15, 0.2) is 54.8 Å². The number of rotatable bonds is 7. The van der Waals surface area contributed by atoms with E-state index in [0.29, 0.717) is 40.1 Å². The molecule has 0 radical (unpaired) electrons. The number of aliphatic hydroxyl groups is 1. The summed E-state index contributed by atoms with van der Waals surface area (Å²) in [6.45, 7) is 0.404.